The number of carbonyl (C=O) groups excluding carboxylic acids is 1. The molecule has 0 aliphatic rings. The lowest BCUT2D eigenvalue weighted by Gasteiger charge is -2.10. The molecule has 94 valence electrons. The minimum absolute atomic E-state index is 0.0343. The average Bonchev–Trinajstić information content (AvgIpc) is 2.40. The standard InChI is InChI=1S/C12H11BrN2O2S/c1-17-12(16)10(7-14)11(18-2)15-9-5-3-8(13)4-6-9/h3-6,15H,1-2H3/b11-10+. The molecule has 6 heteroatoms. The molecule has 0 unspecified atom stereocenters. The lowest BCUT2D eigenvalue weighted by atomic mass is 10.3. The second-order valence-corrected chi connectivity index (χ2v) is 4.88. The Morgan fingerprint density at radius 1 is 1.44 bits per heavy atom. The summed E-state index contributed by atoms with van der Waals surface area (Å²) in [5.74, 6) is -0.647. The fourth-order valence-electron chi connectivity index (χ4n) is 1.17. The number of nitrogens with zero attached hydrogens (tertiary/aromatic N) is 1. The number of nitrogens with one attached hydrogen (secondary N) is 1. The summed E-state index contributed by atoms with van der Waals surface area (Å²) in [6, 6.07) is 9.26. The second kappa shape index (κ2) is 7.09. The van der Waals surface area contributed by atoms with Crippen LogP contribution in [-0.2, 0) is 9.53 Å². The van der Waals surface area contributed by atoms with Crippen molar-refractivity contribution in [2.24, 2.45) is 0 Å². The van der Waals surface area contributed by atoms with Gasteiger partial charge in [0.15, 0.2) is 5.57 Å². The molecule has 4 nitrogen and oxygen atoms in total. The van der Waals surface area contributed by atoms with Gasteiger partial charge in [0.2, 0.25) is 0 Å². The van der Waals surface area contributed by atoms with Crippen LogP contribution in [0.1, 0.15) is 0 Å². The number of hydrogen-bond donors (Lipinski definition) is 1. The van der Waals surface area contributed by atoms with Crippen molar-refractivity contribution in [1.82, 2.24) is 0 Å². The molecule has 0 aliphatic heterocycles. The molecule has 1 N–H and O–H groups in total. The largest absolute Gasteiger partial charge is 0.465 e. The zero-order valence-electron chi connectivity index (χ0n) is 9.86. The highest BCUT2D eigenvalue weighted by Crippen LogP contribution is 2.22. The van der Waals surface area contributed by atoms with Crippen LogP contribution in [-0.4, -0.2) is 19.3 Å². The molecule has 0 radical (unpaired) electrons. The number of ether oxygens (including phenoxy) is 1. The first-order chi connectivity index (χ1) is 8.62. The molecule has 0 bridgehead atoms. The number of benzene rings is 1. The summed E-state index contributed by atoms with van der Waals surface area (Å²) in [7, 11) is 1.25. The minimum Gasteiger partial charge on any atom is -0.465 e. The molecular formula is C12H11BrN2O2S. The van der Waals surface area contributed by atoms with E-state index in [9.17, 15) is 4.79 Å². The minimum atomic E-state index is -0.647. The number of thioether (sulfide) groups is 1. The van der Waals surface area contributed by atoms with Crippen LogP contribution >= 0.6 is 27.7 Å². The first-order valence-electron chi connectivity index (χ1n) is 4.91. The van der Waals surface area contributed by atoms with E-state index >= 15 is 0 Å². The van der Waals surface area contributed by atoms with E-state index in [0.717, 1.165) is 10.2 Å². The van der Waals surface area contributed by atoms with Crippen molar-refractivity contribution in [2.45, 2.75) is 0 Å². The van der Waals surface area contributed by atoms with Gasteiger partial charge in [-0.2, -0.15) is 5.26 Å². The number of carbonyl (C=O) groups is 1. The monoisotopic (exact) mass is 326 g/mol. The third kappa shape index (κ3) is 3.79. The van der Waals surface area contributed by atoms with Gasteiger partial charge in [0, 0.05) is 10.2 Å². The lowest BCUT2D eigenvalue weighted by molar-refractivity contribution is -0.135. The van der Waals surface area contributed by atoms with E-state index < -0.39 is 5.97 Å². The Morgan fingerprint density at radius 3 is 2.50 bits per heavy atom. The molecule has 0 spiro atoms. The maximum absolute atomic E-state index is 11.4. The number of nitriles is 1. The molecule has 0 heterocycles. The normalized spacial score (nSPS) is 11.2. The van der Waals surface area contributed by atoms with Gasteiger partial charge >= 0.3 is 5.97 Å². The number of rotatable bonds is 4. The summed E-state index contributed by atoms with van der Waals surface area (Å²) < 4.78 is 5.52. The van der Waals surface area contributed by atoms with Gasteiger partial charge < -0.3 is 10.1 Å². The zero-order chi connectivity index (χ0) is 13.5. The molecular weight excluding hydrogens is 316 g/mol. The smallest absolute Gasteiger partial charge is 0.351 e. The van der Waals surface area contributed by atoms with E-state index in [4.69, 9.17) is 5.26 Å². The molecule has 0 aliphatic carbocycles. The van der Waals surface area contributed by atoms with Gasteiger partial charge in [0.05, 0.1) is 12.1 Å². The summed E-state index contributed by atoms with van der Waals surface area (Å²) in [4.78, 5) is 11.4. The van der Waals surface area contributed by atoms with Crippen molar-refractivity contribution in [3.63, 3.8) is 0 Å². The summed E-state index contributed by atoms with van der Waals surface area (Å²) in [5.41, 5.74) is 0.757. The van der Waals surface area contributed by atoms with Crippen molar-refractivity contribution in [1.29, 1.82) is 5.26 Å². The predicted molar refractivity (Wildman–Crippen MR) is 75.9 cm³/mol. The molecule has 0 aromatic heterocycles. The van der Waals surface area contributed by atoms with Crippen molar-refractivity contribution in [3.05, 3.63) is 39.3 Å². The molecule has 18 heavy (non-hydrogen) atoms. The van der Waals surface area contributed by atoms with Gasteiger partial charge in [0.1, 0.15) is 6.07 Å². The van der Waals surface area contributed by atoms with Crippen LogP contribution in [0.25, 0.3) is 0 Å². The highest BCUT2D eigenvalue weighted by Gasteiger charge is 2.15. The Kier molecular flexibility index (Phi) is 5.75. The van der Waals surface area contributed by atoms with E-state index in [0.29, 0.717) is 5.03 Å². The van der Waals surface area contributed by atoms with E-state index in [-0.39, 0.29) is 5.57 Å². The summed E-state index contributed by atoms with van der Waals surface area (Å²) in [6.45, 7) is 0. The highest BCUT2D eigenvalue weighted by atomic mass is 79.9. The Balaban J connectivity index is 3.03. The van der Waals surface area contributed by atoms with E-state index in [2.05, 4.69) is 26.0 Å². The molecule has 0 atom stereocenters. The third-order valence-corrected chi connectivity index (χ3v) is 3.28. The van der Waals surface area contributed by atoms with Crippen molar-refractivity contribution in [3.8, 4) is 6.07 Å². The topological polar surface area (TPSA) is 62.1 Å². The maximum Gasteiger partial charge on any atom is 0.351 e. The Morgan fingerprint density at radius 2 is 2.06 bits per heavy atom. The Hall–Kier alpha value is -1.45. The van der Waals surface area contributed by atoms with Gasteiger partial charge in [-0.05, 0) is 30.5 Å². The van der Waals surface area contributed by atoms with Gasteiger partial charge in [-0.1, -0.05) is 15.9 Å². The number of methoxy groups -OCH3 is 1. The van der Waals surface area contributed by atoms with Crippen LogP contribution < -0.4 is 5.32 Å². The Labute approximate surface area is 118 Å². The predicted octanol–water partition coefficient (Wildman–Crippen LogP) is 3.13. The zero-order valence-corrected chi connectivity index (χ0v) is 12.3. The molecule has 1 aromatic rings. The molecule has 1 rings (SSSR count). The van der Waals surface area contributed by atoms with Crippen LogP contribution in [0.15, 0.2) is 39.3 Å². The average molecular weight is 327 g/mol. The van der Waals surface area contributed by atoms with Crippen LogP contribution in [0.4, 0.5) is 5.69 Å². The van der Waals surface area contributed by atoms with Gasteiger partial charge in [-0.25, -0.2) is 4.79 Å². The first kappa shape index (κ1) is 14.6. The molecule has 0 saturated heterocycles. The van der Waals surface area contributed by atoms with Crippen LogP contribution in [0.5, 0.6) is 0 Å². The van der Waals surface area contributed by atoms with Crippen molar-refractivity contribution >= 4 is 39.3 Å². The third-order valence-electron chi connectivity index (χ3n) is 2.03. The fraction of sp³-hybridized carbons (Fsp3) is 0.167. The first-order valence-corrected chi connectivity index (χ1v) is 6.93. The highest BCUT2D eigenvalue weighted by molar-refractivity contribution is 9.10. The van der Waals surface area contributed by atoms with Crippen LogP contribution in [0, 0.1) is 11.3 Å². The SMILES string of the molecule is COC(=O)/C(C#N)=C(\Nc1ccc(Br)cc1)SC. The van der Waals surface area contributed by atoms with E-state index in [1.165, 1.54) is 18.9 Å². The number of esters is 1. The van der Waals surface area contributed by atoms with Crippen LogP contribution in [0.2, 0.25) is 0 Å². The van der Waals surface area contributed by atoms with Gasteiger partial charge in [-0.15, -0.1) is 11.8 Å². The lowest BCUT2D eigenvalue weighted by Crippen LogP contribution is -2.09. The van der Waals surface area contributed by atoms with Crippen molar-refractivity contribution < 1.29 is 9.53 Å². The quantitative estimate of drug-likeness (QED) is 0.523. The molecule has 0 amide bonds. The number of anilines is 1. The van der Waals surface area contributed by atoms with E-state index in [1.54, 1.807) is 6.26 Å². The molecule has 0 saturated carbocycles. The second-order valence-electron chi connectivity index (χ2n) is 3.14. The summed E-state index contributed by atoms with van der Waals surface area (Å²) in [5, 5.41) is 12.5. The number of halogens is 1. The number of hydrogen-bond acceptors (Lipinski definition) is 5. The molecule has 1 aromatic carbocycles. The Bertz CT molecular complexity index is 506. The maximum atomic E-state index is 11.4. The summed E-state index contributed by atoms with van der Waals surface area (Å²) in [6.07, 6.45) is 1.78. The fourth-order valence-corrected chi connectivity index (χ4v) is 1.99. The van der Waals surface area contributed by atoms with Crippen LogP contribution in [0.3, 0.4) is 0 Å². The van der Waals surface area contributed by atoms with Gasteiger partial charge in [-0.3, -0.25) is 0 Å². The molecule has 0 fully saturated rings. The van der Waals surface area contributed by atoms with Crippen molar-refractivity contribution in [2.75, 3.05) is 18.7 Å². The summed E-state index contributed by atoms with van der Waals surface area (Å²) >= 11 is 4.61. The van der Waals surface area contributed by atoms with E-state index in [1.807, 2.05) is 30.3 Å². The van der Waals surface area contributed by atoms with Gasteiger partial charge in [0.25, 0.3) is 0 Å².